The normalized spacial score (nSPS) is 11.8. The first-order chi connectivity index (χ1) is 8.81. The number of hydrogen-bond donors (Lipinski definition) is 1. The second kappa shape index (κ2) is 4.75. The summed E-state index contributed by atoms with van der Waals surface area (Å²) in [5, 5.41) is 9.02. The van der Waals surface area contributed by atoms with Crippen LogP contribution < -0.4 is 4.74 Å². The van der Waals surface area contributed by atoms with E-state index < -0.39 is 18.8 Å². The van der Waals surface area contributed by atoms with Gasteiger partial charge in [0.15, 0.2) is 5.22 Å². The highest BCUT2D eigenvalue weighted by Crippen LogP contribution is 2.33. The largest absolute Gasteiger partial charge is 0.491 e. The lowest BCUT2D eigenvalue weighted by Crippen LogP contribution is -2.28. The molecule has 0 aliphatic rings. The minimum absolute atomic E-state index is 0.0746. The molecular formula is C11H6ClF3O4. The summed E-state index contributed by atoms with van der Waals surface area (Å²) >= 11 is 5.59. The lowest BCUT2D eigenvalue weighted by molar-refractivity contribution is -0.189. The Morgan fingerprint density at radius 1 is 1.37 bits per heavy atom. The van der Waals surface area contributed by atoms with Crippen LogP contribution in [0.1, 0.15) is 5.56 Å². The number of halogens is 4. The highest BCUT2D eigenvalue weighted by molar-refractivity contribution is 6.29. The molecule has 0 atom stereocenters. The molecule has 0 bridgehead atoms. The third kappa shape index (κ3) is 2.82. The van der Waals surface area contributed by atoms with Crippen molar-refractivity contribution in [1.82, 2.24) is 0 Å². The summed E-state index contributed by atoms with van der Waals surface area (Å²) in [5.41, 5.74) is 0.338. The average molecular weight is 295 g/mol. The Bertz CT molecular complexity index is 633. The fraction of sp³-hybridized carbons (Fsp3) is 0.182. The van der Waals surface area contributed by atoms with Crippen molar-refractivity contribution in [2.75, 3.05) is 0 Å². The summed E-state index contributed by atoms with van der Waals surface area (Å²) in [7, 11) is 0. The van der Waals surface area contributed by atoms with Gasteiger partial charge in [0.25, 0.3) is 0 Å². The zero-order valence-corrected chi connectivity index (χ0v) is 9.88. The number of fused-ring (bicyclic) bond motifs is 1. The van der Waals surface area contributed by atoms with Crippen LogP contribution >= 0.6 is 11.6 Å². The molecule has 1 aromatic carbocycles. The fourth-order valence-corrected chi connectivity index (χ4v) is 1.66. The summed E-state index contributed by atoms with van der Waals surface area (Å²) < 4.78 is 45.7. The molecule has 1 N–H and O–H groups in total. The van der Waals surface area contributed by atoms with Crippen LogP contribution in [-0.2, 0) is 11.4 Å². The Morgan fingerprint density at radius 2 is 2.05 bits per heavy atom. The van der Waals surface area contributed by atoms with Crippen LogP contribution in [0.2, 0.25) is 5.22 Å². The molecule has 19 heavy (non-hydrogen) atoms. The number of rotatable bonds is 2. The number of hydrogen-bond acceptors (Lipinski definition) is 4. The maximum absolute atomic E-state index is 12.1. The molecule has 2 aromatic rings. The quantitative estimate of drug-likeness (QED) is 0.683. The summed E-state index contributed by atoms with van der Waals surface area (Å²) in [6.45, 7) is -0.454. The number of ether oxygens (including phenoxy) is 1. The van der Waals surface area contributed by atoms with Gasteiger partial charge in [0.1, 0.15) is 11.3 Å². The number of carbonyl (C=O) groups is 1. The van der Waals surface area contributed by atoms with E-state index in [1.807, 2.05) is 0 Å². The van der Waals surface area contributed by atoms with Crippen LogP contribution in [0.15, 0.2) is 22.6 Å². The lowest BCUT2D eigenvalue weighted by Gasteiger charge is -2.08. The van der Waals surface area contributed by atoms with Gasteiger partial charge in [0.05, 0.1) is 12.0 Å². The molecule has 0 aliphatic carbocycles. The van der Waals surface area contributed by atoms with Crippen molar-refractivity contribution in [2.45, 2.75) is 12.8 Å². The average Bonchev–Trinajstić information content (AvgIpc) is 2.68. The van der Waals surface area contributed by atoms with Gasteiger partial charge in [-0.25, -0.2) is 4.79 Å². The van der Waals surface area contributed by atoms with Gasteiger partial charge in [0.2, 0.25) is 0 Å². The van der Waals surface area contributed by atoms with Crippen molar-refractivity contribution < 1.29 is 32.2 Å². The predicted molar refractivity (Wildman–Crippen MR) is 58.8 cm³/mol. The Balaban J connectivity index is 2.49. The van der Waals surface area contributed by atoms with Crippen LogP contribution in [-0.4, -0.2) is 17.3 Å². The van der Waals surface area contributed by atoms with Crippen molar-refractivity contribution in [1.29, 1.82) is 0 Å². The minimum Gasteiger partial charge on any atom is -0.445 e. The predicted octanol–water partition coefficient (Wildman–Crippen LogP) is 3.05. The molecule has 0 radical (unpaired) electrons. The zero-order chi connectivity index (χ0) is 14.2. The maximum atomic E-state index is 12.1. The van der Waals surface area contributed by atoms with Crippen LogP contribution in [0, 0.1) is 0 Å². The van der Waals surface area contributed by atoms with E-state index in [0.717, 1.165) is 6.07 Å². The van der Waals surface area contributed by atoms with Gasteiger partial charge in [0, 0.05) is 6.07 Å². The van der Waals surface area contributed by atoms with Gasteiger partial charge < -0.3 is 14.3 Å². The molecule has 8 heteroatoms. The monoisotopic (exact) mass is 294 g/mol. The Hall–Kier alpha value is -1.73. The standard InChI is InChI=1S/C11H6ClF3O4/c12-9-3-6-7(18-9)1-5(4-16)2-8(6)19-10(17)11(13,14)15/h1-3,16H,4H2. The number of benzene rings is 1. The highest BCUT2D eigenvalue weighted by atomic mass is 35.5. The van der Waals surface area contributed by atoms with E-state index in [9.17, 15) is 18.0 Å². The van der Waals surface area contributed by atoms with Crippen molar-refractivity contribution in [3.63, 3.8) is 0 Å². The van der Waals surface area contributed by atoms with Gasteiger partial charge >= 0.3 is 12.1 Å². The summed E-state index contributed by atoms with van der Waals surface area (Å²) in [5.74, 6) is -2.74. The van der Waals surface area contributed by atoms with E-state index in [1.54, 1.807) is 0 Å². The number of esters is 1. The number of furan rings is 1. The van der Waals surface area contributed by atoms with Crippen molar-refractivity contribution in [2.24, 2.45) is 0 Å². The van der Waals surface area contributed by atoms with Crippen molar-refractivity contribution >= 4 is 28.5 Å². The van der Waals surface area contributed by atoms with E-state index in [1.165, 1.54) is 12.1 Å². The molecule has 1 heterocycles. The van der Waals surface area contributed by atoms with Gasteiger partial charge in [-0.05, 0) is 29.3 Å². The SMILES string of the molecule is O=C(Oc1cc(CO)cc2oc(Cl)cc12)C(F)(F)F. The highest BCUT2D eigenvalue weighted by Gasteiger charge is 2.41. The molecule has 0 saturated heterocycles. The van der Waals surface area contributed by atoms with Gasteiger partial charge in [-0.3, -0.25) is 0 Å². The molecule has 0 spiro atoms. The molecule has 2 rings (SSSR count). The molecular weight excluding hydrogens is 289 g/mol. The van der Waals surface area contributed by atoms with Crippen LogP contribution in [0.5, 0.6) is 5.75 Å². The first kappa shape index (κ1) is 13.7. The third-order valence-electron chi connectivity index (χ3n) is 2.25. The topological polar surface area (TPSA) is 59.7 Å². The Kier molecular flexibility index (Phi) is 3.42. The molecule has 0 amide bonds. The van der Waals surface area contributed by atoms with Crippen molar-refractivity contribution in [3.8, 4) is 5.75 Å². The smallest absolute Gasteiger partial charge is 0.445 e. The molecule has 0 unspecified atom stereocenters. The summed E-state index contributed by atoms with van der Waals surface area (Å²) in [6, 6.07) is 3.71. The second-order valence-electron chi connectivity index (χ2n) is 3.60. The zero-order valence-electron chi connectivity index (χ0n) is 9.12. The first-order valence-corrected chi connectivity index (χ1v) is 5.31. The van der Waals surface area contributed by atoms with Gasteiger partial charge in [-0.15, -0.1) is 0 Å². The van der Waals surface area contributed by atoms with E-state index in [-0.39, 0.29) is 27.5 Å². The van der Waals surface area contributed by atoms with E-state index in [0.29, 0.717) is 0 Å². The lowest BCUT2D eigenvalue weighted by atomic mass is 10.1. The molecule has 0 saturated carbocycles. The van der Waals surface area contributed by atoms with Crippen LogP contribution in [0.4, 0.5) is 13.2 Å². The number of aliphatic hydroxyl groups is 1. The minimum atomic E-state index is -5.12. The number of alkyl halides is 3. The third-order valence-corrected chi connectivity index (χ3v) is 2.43. The molecule has 0 fully saturated rings. The maximum Gasteiger partial charge on any atom is 0.491 e. The van der Waals surface area contributed by atoms with E-state index in [4.69, 9.17) is 21.1 Å². The first-order valence-electron chi connectivity index (χ1n) is 4.93. The number of aliphatic hydroxyl groups excluding tert-OH is 1. The molecule has 1 aromatic heterocycles. The van der Waals surface area contributed by atoms with E-state index in [2.05, 4.69) is 4.74 Å². The second-order valence-corrected chi connectivity index (χ2v) is 3.97. The van der Waals surface area contributed by atoms with Gasteiger partial charge in [-0.1, -0.05) is 0 Å². The Labute approximate surface area is 109 Å². The number of carbonyl (C=O) groups excluding carboxylic acids is 1. The van der Waals surface area contributed by atoms with Crippen molar-refractivity contribution in [3.05, 3.63) is 29.0 Å². The van der Waals surface area contributed by atoms with Crippen LogP contribution in [0.25, 0.3) is 11.0 Å². The van der Waals surface area contributed by atoms with Gasteiger partial charge in [-0.2, -0.15) is 13.2 Å². The summed E-state index contributed by atoms with van der Waals surface area (Å²) in [6.07, 6.45) is -5.12. The molecule has 0 aliphatic heterocycles. The Morgan fingerprint density at radius 3 is 2.63 bits per heavy atom. The fourth-order valence-electron chi connectivity index (χ4n) is 1.46. The molecule has 4 nitrogen and oxygen atoms in total. The van der Waals surface area contributed by atoms with E-state index >= 15 is 0 Å². The molecule has 102 valence electrons. The van der Waals surface area contributed by atoms with Crippen LogP contribution in [0.3, 0.4) is 0 Å². The summed E-state index contributed by atoms with van der Waals surface area (Å²) in [4.78, 5) is 10.8.